The molecular formula is C23H28ClN3O3S. The maximum absolute atomic E-state index is 6.12. The molecule has 0 saturated carbocycles. The van der Waals surface area contributed by atoms with Crippen molar-refractivity contribution in [1.82, 2.24) is 14.8 Å². The lowest BCUT2D eigenvalue weighted by molar-refractivity contribution is 0.206. The van der Waals surface area contributed by atoms with Crippen LogP contribution >= 0.6 is 23.4 Å². The summed E-state index contributed by atoms with van der Waals surface area (Å²) in [6.07, 6.45) is -0.252. The van der Waals surface area contributed by atoms with Crippen molar-refractivity contribution in [3.63, 3.8) is 0 Å². The zero-order valence-corrected chi connectivity index (χ0v) is 19.8. The van der Waals surface area contributed by atoms with E-state index >= 15 is 0 Å². The molecule has 31 heavy (non-hydrogen) atoms. The van der Waals surface area contributed by atoms with Gasteiger partial charge in [-0.05, 0) is 49.2 Å². The van der Waals surface area contributed by atoms with E-state index in [1.807, 2.05) is 55.5 Å². The molecule has 0 bridgehead atoms. The highest BCUT2D eigenvalue weighted by molar-refractivity contribution is 7.99. The van der Waals surface area contributed by atoms with Crippen LogP contribution in [0.2, 0.25) is 5.02 Å². The van der Waals surface area contributed by atoms with Crippen molar-refractivity contribution in [2.75, 3.05) is 19.5 Å². The molecule has 0 amide bonds. The average Bonchev–Trinajstić information content (AvgIpc) is 3.14. The summed E-state index contributed by atoms with van der Waals surface area (Å²) in [6.45, 7) is 7.71. The summed E-state index contributed by atoms with van der Waals surface area (Å²) < 4.78 is 19.3. The summed E-state index contributed by atoms with van der Waals surface area (Å²) >= 11 is 7.54. The Morgan fingerprint density at radius 1 is 1.00 bits per heavy atom. The summed E-state index contributed by atoms with van der Waals surface area (Å²) in [5, 5.41) is 10.4. The molecule has 1 aromatic heterocycles. The number of thioether (sulfide) groups is 1. The summed E-state index contributed by atoms with van der Waals surface area (Å²) in [7, 11) is 1.64. The highest BCUT2D eigenvalue weighted by Crippen LogP contribution is 2.27. The average molecular weight is 462 g/mol. The second-order valence-electron chi connectivity index (χ2n) is 7.44. The molecule has 2 aromatic carbocycles. The van der Waals surface area contributed by atoms with E-state index < -0.39 is 0 Å². The van der Waals surface area contributed by atoms with Crippen LogP contribution in [0.25, 0.3) is 0 Å². The van der Waals surface area contributed by atoms with Crippen molar-refractivity contribution < 1.29 is 14.2 Å². The quantitative estimate of drug-likeness (QED) is 0.261. The number of benzene rings is 2. The minimum atomic E-state index is -0.252. The third-order valence-electron chi connectivity index (χ3n) is 4.41. The van der Waals surface area contributed by atoms with E-state index in [4.69, 9.17) is 25.8 Å². The molecule has 0 N–H and O–H groups in total. The van der Waals surface area contributed by atoms with E-state index in [2.05, 4.69) is 28.6 Å². The van der Waals surface area contributed by atoms with E-state index in [0.29, 0.717) is 17.5 Å². The van der Waals surface area contributed by atoms with Crippen LogP contribution in [0.15, 0.2) is 53.7 Å². The van der Waals surface area contributed by atoms with Crippen molar-refractivity contribution in [3.8, 4) is 17.2 Å². The predicted octanol–water partition coefficient (Wildman–Crippen LogP) is 5.91. The third kappa shape index (κ3) is 6.80. The van der Waals surface area contributed by atoms with Crippen LogP contribution in [0.1, 0.15) is 32.7 Å². The second-order valence-corrected chi connectivity index (χ2v) is 8.93. The molecule has 0 aliphatic carbocycles. The summed E-state index contributed by atoms with van der Waals surface area (Å²) in [5.74, 6) is 4.29. The molecule has 166 valence electrons. The Bertz CT molecular complexity index is 963. The Labute approximate surface area is 192 Å². The lowest BCUT2D eigenvalue weighted by atomic mass is 10.2. The first-order chi connectivity index (χ1) is 15.0. The molecule has 3 aromatic rings. The van der Waals surface area contributed by atoms with Crippen molar-refractivity contribution >= 4 is 23.4 Å². The fourth-order valence-electron chi connectivity index (χ4n) is 3.00. The van der Waals surface area contributed by atoms with E-state index in [-0.39, 0.29) is 6.10 Å². The normalized spacial score (nSPS) is 12.1. The number of halogens is 1. The van der Waals surface area contributed by atoms with Crippen LogP contribution in [0.4, 0.5) is 0 Å². The molecule has 1 atom stereocenters. The number of nitrogens with zero attached hydrogens (tertiary/aromatic N) is 3. The Morgan fingerprint density at radius 2 is 1.74 bits per heavy atom. The maximum Gasteiger partial charge on any atom is 0.191 e. The van der Waals surface area contributed by atoms with E-state index in [9.17, 15) is 0 Å². The fourth-order valence-corrected chi connectivity index (χ4v) is 3.90. The van der Waals surface area contributed by atoms with E-state index in [1.54, 1.807) is 18.9 Å². The first-order valence-corrected chi connectivity index (χ1v) is 11.6. The van der Waals surface area contributed by atoms with Crippen LogP contribution in [0, 0.1) is 5.92 Å². The SMILES string of the molecule is COc1cccc(OC(C)c2nnc(SCCOc3ccc(Cl)cc3)n2CC(C)C)c1. The Kier molecular flexibility index (Phi) is 8.49. The van der Waals surface area contributed by atoms with Gasteiger partial charge in [-0.1, -0.05) is 43.3 Å². The van der Waals surface area contributed by atoms with Crippen LogP contribution < -0.4 is 14.2 Å². The first-order valence-electron chi connectivity index (χ1n) is 10.2. The number of methoxy groups -OCH3 is 1. The Balaban J connectivity index is 1.64. The van der Waals surface area contributed by atoms with Crippen LogP contribution in [-0.4, -0.2) is 34.2 Å². The summed E-state index contributed by atoms with van der Waals surface area (Å²) in [4.78, 5) is 0. The molecule has 0 spiro atoms. The number of ether oxygens (including phenoxy) is 3. The van der Waals surface area contributed by atoms with Gasteiger partial charge >= 0.3 is 0 Å². The second kappa shape index (κ2) is 11.3. The van der Waals surface area contributed by atoms with E-state index in [0.717, 1.165) is 40.5 Å². The molecule has 1 unspecified atom stereocenters. The monoisotopic (exact) mass is 461 g/mol. The van der Waals surface area contributed by atoms with Crippen LogP contribution in [0.5, 0.6) is 17.2 Å². The van der Waals surface area contributed by atoms with Gasteiger partial charge in [0.05, 0.1) is 13.7 Å². The highest BCUT2D eigenvalue weighted by Gasteiger charge is 2.20. The summed E-state index contributed by atoms with van der Waals surface area (Å²) in [5.41, 5.74) is 0. The fraction of sp³-hybridized carbons (Fsp3) is 0.391. The lowest BCUT2D eigenvalue weighted by Gasteiger charge is -2.18. The van der Waals surface area contributed by atoms with Crippen molar-refractivity contribution in [1.29, 1.82) is 0 Å². The summed E-state index contributed by atoms with van der Waals surface area (Å²) in [6, 6.07) is 14.9. The minimum absolute atomic E-state index is 0.252. The van der Waals surface area contributed by atoms with Crippen LogP contribution in [-0.2, 0) is 6.54 Å². The molecular weight excluding hydrogens is 434 g/mol. The van der Waals surface area contributed by atoms with Crippen molar-refractivity contribution in [2.24, 2.45) is 5.92 Å². The molecule has 0 aliphatic heterocycles. The van der Waals surface area contributed by atoms with Gasteiger partial charge in [0.2, 0.25) is 0 Å². The zero-order valence-electron chi connectivity index (χ0n) is 18.2. The smallest absolute Gasteiger partial charge is 0.191 e. The number of hydrogen-bond donors (Lipinski definition) is 0. The standard InChI is InChI=1S/C23H28ClN3O3S/c1-16(2)15-27-22(17(3)30-21-7-5-6-20(14-21)28-4)25-26-23(27)31-13-12-29-19-10-8-18(24)9-11-19/h5-11,14,16-17H,12-13,15H2,1-4H3. The Morgan fingerprint density at radius 3 is 2.45 bits per heavy atom. The first kappa shape index (κ1) is 23.3. The largest absolute Gasteiger partial charge is 0.497 e. The predicted molar refractivity (Wildman–Crippen MR) is 125 cm³/mol. The van der Waals surface area contributed by atoms with Gasteiger partial charge in [0, 0.05) is 23.4 Å². The molecule has 8 heteroatoms. The number of aromatic nitrogens is 3. The molecule has 3 rings (SSSR count). The van der Waals surface area contributed by atoms with E-state index in [1.165, 1.54) is 0 Å². The van der Waals surface area contributed by atoms with Crippen molar-refractivity contribution in [3.05, 3.63) is 59.4 Å². The van der Waals surface area contributed by atoms with Gasteiger partial charge in [0.25, 0.3) is 0 Å². The topological polar surface area (TPSA) is 58.4 Å². The zero-order chi connectivity index (χ0) is 22.2. The van der Waals surface area contributed by atoms with Gasteiger partial charge < -0.3 is 18.8 Å². The van der Waals surface area contributed by atoms with Gasteiger partial charge in [-0.25, -0.2) is 0 Å². The molecule has 1 heterocycles. The van der Waals surface area contributed by atoms with Gasteiger partial charge in [0.1, 0.15) is 17.2 Å². The van der Waals surface area contributed by atoms with Gasteiger partial charge in [-0.3, -0.25) is 0 Å². The van der Waals surface area contributed by atoms with Gasteiger partial charge in [-0.15, -0.1) is 10.2 Å². The molecule has 6 nitrogen and oxygen atoms in total. The van der Waals surface area contributed by atoms with Crippen LogP contribution in [0.3, 0.4) is 0 Å². The van der Waals surface area contributed by atoms with Gasteiger partial charge in [0.15, 0.2) is 17.1 Å². The molecule has 0 aliphatic rings. The van der Waals surface area contributed by atoms with Gasteiger partial charge in [-0.2, -0.15) is 0 Å². The minimum Gasteiger partial charge on any atom is -0.497 e. The maximum atomic E-state index is 6.12. The highest BCUT2D eigenvalue weighted by atomic mass is 35.5. The number of hydrogen-bond acceptors (Lipinski definition) is 6. The molecule has 0 radical (unpaired) electrons. The molecule has 0 fully saturated rings. The Hall–Kier alpha value is -2.38. The van der Waals surface area contributed by atoms with Crippen molar-refractivity contribution in [2.45, 2.75) is 38.6 Å². The number of rotatable bonds is 11. The molecule has 0 saturated heterocycles. The third-order valence-corrected chi connectivity index (χ3v) is 5.59. The lowest BCUT2D eigenvalue weighted by Crippen LogP contribution is -2.15.